The number of piperidine rings is 1. The maximum Gasteiger partial charge on any atom is 0.309 e. The summed E-state index contributed by atoms with van der Waals surface area (Å²) in [7, 11) is 0. The minimum absolute atomic E-state index is 0.0295. The molecule has 2 aliphatic carbocycles. The first kappa shape index (κ1) is 16.7. The Bertz CT molecular complexity index is 432. The van der Waals surface area contributed by atoms with Crippen LogP contribution in [0, 0.1) is 23.7 Å². The van der Waals surface area contributed by atoms with Crippen molar-refractivity contribution in [1.29, 1.82) is 0 Å². The molecule has 2 N–H and O–H groups in total. The van der Waals surface area contributed by atoms with E-state index in [2.05, 4.69) is 0 Å². The number of esters is 1. The van der Waals surface area contributed by atoms with E-state index in [0.29, 0.717) is 43.5 Å². The van der Waals surface area contributed by atoms with Crippen molar-refractivity contribution in [2.75, 3.05) is 19.7 Å². The zero-order valence-electron chi connectivity index (χ0n) is 14.2. The third-order valence-corrected chi connectivity index (χ3v) is 6.19. The van der Waals surface area contributed by atoms with Crippen LogP contribution >= 0.6 is 0 Å². The van der Waals surface area contributed by atoms with Crippen LogP contribution in [0.5, 0.6) is 0 Å². The van der Waals surface area contributed by atoms with Crippen molar-refractivity contribution in [2.45, 2.75) is 57.9 Å². The summed E-state index contributed by atoms with van der Waals surface area (Å²) in [6.45, 7) is 3.66. The van der Waals surface area contributed by atoms with Crippen LogP contribution in [0.15, 0.2) is 0 Å². The summed E-state index contributed by atoms with van der Waals surface area (Å²) in [5.74, 6) is 1.40. The summed E-state index contributed by atoms with van der Waals surface area (Å²) >= 11 is 0. The van der Waals surface area contributed by atoms with Crippen LogP contribution in [0.4, 0.5) is 0 Å². The lowest BCUT2D eigenvalue weighted by Gasteiger charge is -2.45. The summed E-state index contributed by atoms with van der Waals surface area (Å²) in [6, 6.07) is 0.308. The number of hydrogen-bond donors (Lipinski definition) is 1. The van der Waals surface area contributed by atoms with E-state index in [1.54, 1.807) is 0 Å². The quantitative estimate of drug-likeness (QED) is 0.806. The van der Waals surface area contributed by atoms with Gasteiger partial charge in [-0.1, -0.05) is 6.42 Å². The minimum Gasteiger partial charge on any atom is -0.466 e. The second-order valence-corrected chi connectivity index (χ2v) is 7.55. The zero-order chi connectivity index (χ0) is 16.4. The Kier molecular flexibility index (Phi) is 5.24. The van der Waals surface area contributed by atoms with Gasteiger partial charge in [0.1, 0.15) is 0 Å². The second-order valence-electron chi connectivity index (χ2n) is 7.55. The highest BCUT2D eigenvalue weighted by Crippen LogP contribution is 2.42. The van der Waals surface area contributed by atoms with Crippen molar-refractivity contribution < 1.29 is 14.3 Å². The number of carbonyl (C=O) groups is 2. The molecule has 1 saturated heterocycles. The third kappa shape index (κ3) is 3.54. The molecule has 2 atom stereocenters. The first-order valence-electron chi connectivity index (χ1n) is 9.31. The third-order valence-electron chi connectivity index (χ3n) is 6.19. The second kappa shape index (κ2) is 7.20. The van der Waals surface area contributed by atoms with Gasteiger partial charge in [0.15, 0.2) is 0 Å². The lowest BCUT2D eigenvalue weighted by atomic mass is 9.65. The van der Waals surface area contributed by atoms with E-state index in [-0.39, 0.29) is 17.8 Å². The van der Waals surface area contributed by atoms with Gasteiger partial charge in [0.25, 0.3) is 0 Å². The van der Waals surface area contributed by atoms with Gasteiger partial charge >= 0.3 is 5.97 Å². The number of hydrogen-bond acceptors (Lipinski definition) is 4. The Hall–Kier alpha value is -1.10. The molecular formula is C18H30N2O3. The Labute approximate surface area is 138 Å². The molecule has 2 unspecified atom stereocenters. The maximum atomic E-state index is 12.9. The lowest BCUT2D eigenvalue weighted by Crippen LogP contribution is -2.51. The van der Waals surface area contributed by atoms with Crippen molar-refractivity contribution in [1.82, 2.24) is 4.90 Å². The first-order valence-corrected chi connectivity index (χ1v) is 9.31. The Morgan fingerprint density at radius 2 is 1.65 bits per heavy atom. The molecular weight excluding hydrogens is 292 g/mol. The molecule has 0 aromatic rings. The monoisotopic (exact) mass is 322 g/mol. The normalized spacial score (nSPS) is 35.0. The van der Waals surface area contributed by atoms with Gasteiger partial charge in [-0.15, -0.1) is 0 Å². The fraction of sp³-hybridized carbons (Fsp3) is 0.889. The van der Waals surface area contributed by atoms with E-state index in [0.717, 1.165) is 25.7 Å². The highest BCUT2D eigenvalue weighted by atomic mass is 16.5. The summed E-state index contributed by atoms with van der Waals surface area (Å²) in [4.78, 5) is 26.6. The molecule has 0 aromatic heterocycles. The van der Waals surface area contributed by atoms with E-state index in [1.165, 1.54) is 19.3 Å². The first-order chi connectivity index (χ1) is 11.1. The number of amides is 1. The molecule has 0 spiro atoms. The van der Waals surface area contributed by atoms with E-state index < -0.39 is 0 Å². The van der Waals surface area contributed by atoms with Gasteiger partial charge in [-0.2, -0.15) is 0 Å². The van der Waals surface area contributed by atoms with Gasteiger partial charge in [-0.3, -0.25) is 9.59 Å². The van der Waals surface area contributed by atoms with Crippen LogP contribution in [-0.4, -0.2) is 42.5 Å². The molecule has 23 heavy (non-hydrogen) atoms. The maximum absolute atomic E-state index is 12.9. The van der Waals surface area contributed by atoms with Crippen molar-refractivity contribution in [3.63, 3.8) is 0 Å². The molecule has 0 radical (unpaired) electrons. The fourth-order valence-electron chi connectivity index (χ4n) is 4.84. The van der Waals surface area contributed by atoms with Gasteiger partial charge in [-0.25, -0.2) is 0 Å². The van der Waals surface area contributed by atoms with Crippen molar-refractivity contribution in [3.05, 3.63) is 0 Å². The van der Waals surface area contributed by atoms with Crippen LogP contribution in [0.1, 0.15) is 51.9 Å². The summed E-state index contributed by atoms with van der Waals surface area (Å²) in [5.41, 5.74) is 6.33. The predicted molar refractivity (Wildman–Crippen MR) is 87.5 cm³/mol. The summed E-state index contributed by atoms with van der Waals surface area (Å²) in [6.07, 6.45) is 7.06. The number of ether oxygens (including phenoxy) is 1. The minimum atomic E-state index is -0.0993. The van der Waals surface area contributed by atoms with Crippen molar-refractivity contribution in [2.24, 2.45) is 29.4 Å². The smallest absolute Gasteiger partial charge is 0.309 e. The van der Waals surface area contributed by atoms with Gasteiger partial charge in [-0.05, 0) is 57.3 Å². The summed E-state index contributed by atoms with van der Waals surface area (Å²) in [5, 5.41) is 0. The number of nitrogens with zero attached hydrogens (tertiary/aromatic N) is 1. The lowest BCUT2D eigenvalue weighted by molar-refractivity contribution is -0.152. The SMILES string of the molecule is CCOC(=O)C1CCN(C(=O)C2CC3CCCC(C2)C3N)CC1. The Balaban J connectivity index is 1.53. The van der Waals surface area contributed by atoms with E-state index in [4.69, 9.17) is 10.5 Å². The molecule has 2 bridgehead atoms. The molecule has 5 heteroatoms. The molecule has 1 heterocycles. The molecule has 3 fully saturated rings. The molecule has 3 aliphatic rings. The largest absolute Gasteiger partial charge is 0.466 e. The molecule has 3 rings (SSSR count). The van der Waals surface area contributed by atoms with Gasteiger partial charge < -0.3 is 15.4 Å². The van der Waals surface area contributed by atoms with Crippen LogP contribution in [0.25, 0.3) is 0 Å². The number of likely N-dealkylation sites (tertiary alicyclic amines) is 1. The topological polar surface area (TPSA) is 72.6 Å². The van der Waals surface area contributed by atoms with E-state index in [9.17, 15) is 9.59 Å². The molecule has 5 nitrogen and oxygen atoms in total. The Morgan fingerprint density at radius 3 is 2.22 bits per heavy atom. The average Bonchev–Trinajstić information content (AvgIpc) is 2.54. The Morgan fingerprint density at radius 1 is 1.04 bits per heavy atom. The van der Waals surface area contributed by atoms with Crippen LogP contribution in [0.2, 0.25) is 0 Å². The highest BCUT2D eigenvalue weighted by molar-refractivity contribution is 5.80. The van der Waals surface area contributed by atoms with E-state index in [1.807, 2.05) is 11.8 Å². The molecule has 130 valence electrons. The number of fused-ring (bicyclic) bond motifs is 2. The van der Waals surface area contributed by atoms with Crippen molar-refractivity contribution >= 4 is 11.9 Å². The van der Waals surface area contributed by atoms with Gasteiger partial charge in [0.2, 0.25) is 5.91 Å². The fourth-order valence-corrected chi connectivity index (χ4v) is 4.84. The number of rotatable bonds is 3. The number of carbonyl (C=O) groups excluding carboxylic acids is 2. The van der Waals surface area contributed by atoms with Gasteiger partial charge in [0, 0.05) is 25.0 Å². The number of nitrogens with two attached hydrogens (primary N) is 1. The molecule has 2 saturated carbocycles. The predicted octanol–water partition coefficient (Wildman–Crippen LogP) is 1.94. The van der Waals surface area contributed by atoms with Gasteiger partial charge in [0.05, 0.1) is 12.5 Å². The van der Waals surface area contributed by atoms with Crippen LogP contribution in [0.3, 0.4) is 0 Å². The van der Waals surface area contributed by atoms with E-state index >= 15 is 0 Å². The highest BCUT2D eigenvalue weighted by Gasteiger charge is 2.42. The van der Waals surface area contributed by atoms with Crippen molar-refractivity contribution in [3.8, 4) is 0 Å². The van der Waals surface area contributed by atoms with Crippen LogP contribution in [-0.2, 0) is 14.3 Å². The molecule has 1 aliphatic heterocycles. The standard InChI is InChI=1S/C18H30N2O3/c1-2-23-18(22)12-6-8-20(9-7-12)17(21)15-10-13-4-3-5-14(11-15)16(13)19/h12-16H,2-11,19H2,1H3. The molecule has 1 amide bonds. The summed E-state index contributed by atoms with van der Waals surface area (Å²) < 4.78 is 5.10. The zero-order valence-corrected chi connectivity index (χ0v) is 14.2. The van der Waals surface area contributed by atoms with Crippen LogP contribution < -0.4 is 5.73 Å². The molecule has 0 aromatic carbocycles. The average molecular weight is 322 g/mol.